The number of anilines is 2. The molecular formula is C22H27FN2O5. The van der Waals surface area contributed by atoms with Gasteiger partial charge in [-0.2, -0.15) is 0 Å². The first-order valence-electron chi connectivity index (χ1n) is 9.41. The zero-order chi connectivity index (χ0) is 22.3. The van der Waals surface area contributed by atoms with Crippen LogP contribution in [0.4, 0.5) is 20.6 Å². The molecule has 2 N–H and O–H groups in total. The highest BCUT2D eigenvalue weighted by Crippen LogP contribution is 2.28. The summed E-state index contributed by atoms with van der Waals surface area (Å²) in [7, 11) is 3.09. The van der Waals surface area contributed by atoms with E-state index in [0.717, 1.165) is 11.6 Å². The average Bonchev–Trinajstić information content (AvgIpc) is 2.66. The Bertz CT molecular complexity index is 909. The number of hydrogen-bond donors (Lipinski definition) is 2. The Labute approximate surface area is 175 Å². The lowest BCUT2D eigenvalue weighted by molar-refractivity contribution is -0.116. The third kappa shape index (κ3) is 6.95. The van der Waals surface area contributed by atoms with Crippen molar-refractivity contribution in [1.29, 1.82) is 0 Å². The van der Waals surface area contributed by atoms with Gasteiger partial charge in [-0.3, -0.25) is 10.1 Å². The number of halogens is 1. The summed E-state index contributed by atoms with van der Waals surface area (Å²) >= 11 is 0. The van der Waals surface area contributed by atoms with Crippen LogP contribution in [0.1, 0.15) is 32.8 Å². The van der Waals surface area contributed by atoms with Crippen molar-refractivity contribution in [2.75, 3.05) is 24.9 Å². The third-order valence-electron chi connectivity index (χ3n) is 3.98. The smallest absolute Gasteiger partial charge is 0.412 e. The molecule has 162 valence electrons. The van der Waals surface area contributed by atoms with E-state index >= 15 is 0 Å². The van der Waals surface area contributed by atoms with Crippen LogP contribution in [0.3, 0.4) is 0 Å². The predicted octanol–water partition coefficient (Wildman–Crippen LogP) is 4.76. The summed E-state index contributed by atoms with van der Waals surface area (Å²) in [4.78, 5) is 24.4. The van der Waals surface area contributed by atoms with Gasteiger partial charge in [-0.1, -0.05) is 6.07 Å². The normalized spacial score (nSPS) is 10.9. The monoisotopic (exact) mass is 418 g/mol. The Morgan fingerprint density at radius 3 is 2.27 bits per heavy atom. The molecule has 8 heteroatoms. The van der Waals surface area contributed by atoms with Crippen molar-refractivity contribution in [3.8, 4) is 11.5 Å². The van der Waals surface area contributed by atoms with Gasteiger partial charge in [-0.15, -0.1) is 0 Å². The molecule has 0 unspecified atom stereocenters. The minimum absolute atomic E-state index is 0.151. The van der Waals surface area contributed by atoms with E-state index in [2.05, 4.69) is 10.6 Å². The number of carbonyl (C=O) groups excluding carboxylic acids is 2. The van der Waals surface area contributed by atoms with Gasteiger partial charge in [0.1, 0.15) is 11.4 Å². The van der Waals surface area contributed by atoms with E-state index in [0.29, 0.717) is 17.9 Å². The molecule has 0 atom stereocenters. The Balaban J connectivity index is 2.04. The van der Waals surface area contributed by atoms with Gasteiger partial charge in [0.25, 0.3) is 0 Å². The summed E-state index contributed by atoms with van der Waals surface area (Å²) in [6, 6.07) is 9.09. The molecule has 2 amide bonds. The lowest BCUT2D eigenvalue weighted by Crippen LogP contribution is -2.27. The average molecular weight is 418 g/mol. The number of benzene rings is 2. The molecule has 0 bridgehead atoms. The third-order valence-corrected chi connectivity index (χ3v) is 3.98. The fourth-order valence-electron chi connectivity index (χ4n) is 2.65. The van der Waals surface area contributed by atoms with Gasteiger partial charge < -0.3 is 19.5 Å². The molecule has 0 fully saturated rings. The second-order valence-corrected chi connectivity index (χ2v) is 7.55. The molecule has 0 aliphatic carbocycles. The summed E-state index contributed by atoms with van der Waals surface area (Å²) < 4.78 is 29.3. The second kappa shape index (κ2) is 9.96. The van der Waals surface area contributed by atoms with E-state index in [9.17, 15) is 14.0 Å². The molecule has 30 heavy (non-hydrogen) atoms. The van der Waals surface area contributed by atoms with Crippen LogP contribution in [0.15, 0.2) is 36.4 Å². The van der Waals surface area contributed by atoms with Gasteiger partial charge in [0.05, 0.1) is 25.6 Å². The molecule has 2 aromatic rings. The van der Waals surface area contributed by atoms with E-state index in [4.69, 9.17) is 14.2 Å². The molecule has 0 aliphatic heterocycles. The number of methoxy groups -OCH3 is 2. The minimum Gasteiger partial charge on any atom is -0.493 e. The lowest BCUT2D eigenvalue weighted by Gasteiger charge is -2.20. The van der Waals surface area contributed by atoms with Gasteiger partial charge in [-0.25, -0.2) is 9.18 Å². The van der Waals surface area contributed by atoms with Crippen LogP contribution < -0.4 is 20.1 Å². The van der Waals surface area contributed by atoms with Crippen LogP contribution in [0.25, 0.3) is 0 Å². The Morgan fingerprint density at radius 1 is 0.933 bits per heavy atom. The van der Waals surface area contributed by atoms with Crippen molar-refractivity contribution in [3.63, 3.8) is 0 Å². The van der Waals surface area contributed by atoms with Crippen LogP contribution >= 0.6 is 0 Å². The maximum Gasteiger partial charge on any atom is 0.412 e. The maximum absolute atomic E-state index is 13.7. The fourth-order valence-corrected chi connectivity index (χ4v) is 2.65. The molecule has 0 aromatic heterocycles. The minimum atomic E-state index is -0.699. The molecule has 0 spiro atoms. The number of rotatable bonds is 7. The maximum atomic E-state index is 13.7. The van der Waals surface area contributed by atoms with Crippen LogP contribution in [0.2, 0.25) is 0 Å². The second-order valence-electron chi connectivity index (χ2n) is 7.55. The van der Waals surface area contributed by atoms with Crippen molar-refractivity contribution in [2.24, 2.45) is 0 Å². The van der Waals surface area contributed by atoms with Crippen LogP contribution in [0.5, 0.6) is 11.5 Å². The summed E-state index contributed by atoms with van der Waals surface area (Å²) in [5.41, 5.74) is 0.588. The van der Waals surface area contributed by atoms with Gasteiger partial charge in [0.15, 0.2) is 11.5 Å². The van der Waals surface area contributed by atoms with Gasteiger partial charge >= 0.3 is 6.09 Å². The van der Waals surface area contributed by atoms with E-state index in [-0.39, 0.29) is 23.7 Å². The van der Waals surface area contributed by atoms with Crippen LogP contribution in [-0.2, 0) is 16.0 Å². The molecule has 0 radical (unpaired) electrons. The number of amides is 2. The first-order valence-corrected chi connectivity index (χ1v) is 9.41. The SMILES string of the molecule is COc1ccc(CCC(=O)Nc2cc(F)ccc2NC(=O)OC(C)(C)C)cc1OC. The zero-order valence-electron chi connectivity index (χ0n) is 17.8. The topological polar surface area (TPSA) is 85.9 Å². The van der Waals surface area contributed by atoms with Gasteiger partial charge in [0, 0.05) is 6.42 Å². The quantitative estimate of drug-likeness (QED) is 0.677. The highest BCUT2D eigenvalue weighted by atomic mass is 19.1. The molecule has 0 aliphatic rings. The van der Waals surface area contributed by atoms with Crippen LogP contribution in [-0.4, -0.2) is 31.8 Å². The number of carbonyl (C=O) groups is 2. The highest BCUT2D eigenvalue weighted by Gasteiger charge is 2.18. The molecule has 2 aromatic carbocycles. The number of hydrogen-bond acceptors (Lipinski definition) is 5. The summed E-state index contributed by atoms with van der Waals surface area (Å²) in [5.74, 6) is 0.301. The molecule has 0 saturated heterocycles. The first-order chi connectivity index (χ1) is 14.1. The number of nitrogens with one attached hydrogen (secondary N) is 2. The summed E-state index contributed by atoms with van der Waals surface area (Å²) in [6.45, 7) is 5.19. The van der Waals surface area contributed by atoms with Gasteiger partial charge in [-0.05, 0) is 63.1 Å². The highest BCUT2D eigenvalue weighted by molar-refractivity contribution is 5.97. The molecule has 0 saturated carbocycles. The lowest BCUT2D eigenvalue weighted by atomic mass is 10.1. The van der Waals surface area contributed by atoms with Crippen LogP contribution in [0, 0.1) is 5.82 Å². The summed E-state index contributed by atoms with van der Waals surface area (Å²) in [6.07, 6.45) is -0.108. The van der Waals surface area contributed by atoms with E-state index < -0.39 is 17.5 Å². The Kier molecular flexibility index (Phi) is 7.63. The molecule has 7 nitrogen and oxygen atoms in total. The number of ether oxygens (including phenoxy) is 3. The standard InChI is InChI=1S/C22H27FN2O5/c1-22(2,3)30-21(27)25-16-9-8-15(23)13-17(16)24-20(26)11-7-14-6-10-18(28-4)19(12-14)29-5/h6,8-10,12-13H,7,11H2,1-5H3,(H,24,26)(H,25,27). The van der Waals surface area contributed by atoms with E-state index in [1.165, 1.54) is 19.2 Å². The van der Waals surface area contributed by atoms with E-state index in [1.54, 1.807) is 40.0 Å². The van der Waals surface area contributed by atoms with Crippen molar-refractivity contribution < 1.29 is 28.2 Å². The molecule has 2 rings (SSSR count). The predicted molar refractivity (Wildman–Crippen MR) is 113 cm³/mol. The molecular weight excluding hydrogens is 391 g/mol. The largest absolute Gasteiger partial charge is 0.493 e. The van der Waals surface area contributed by atoms with Crippen molar-refractivity contribution in [3.05, 3.63) is 47.8 Å². The van der Waals surface area contributed by atoms with Gasteiger partial charge in [0.2, 0.25) is 5.91 Å². The number of aryl methyl sites for hydroxylation is 1. The van der Waals surface area contributed by atoms with Crippen molar-refractivity contribution >= 4 is 23.4 Å². The zero-order valence-corrected chi connectivity index (χ0v) is 17.8. The Morgan fingerprint density at radius 2 is 1.63 bits per heavy atom. The molecule has 0 heterocycles. The first kappa shape index (κ1) is 23.0. The fraction of sp³-hybridized carbons (Fsp3) is 0.364. The Hall–Kier alpha value is -3.29. The summed E-state index contributed by atoms with van der Waals surface area (Å²) in [5, 5.41) is 5.16. The van der Waals surface area contributed by atoms with Crippen molar-refractivity contribution in [1.82, 2.24) is 0 Å². The van der Waals surface area contributed by atoms with Crippen molar-refractivity contribution in [2.45, 2.75) is 39.2 Å². The van der Waals surface area contributed by atoms with E-state index in [1.807, 2.05) is 6.07 Å².